The molecule has 0 radical (unpaired) electrons. The van der Waals surface area contributed by atoms with Gasteiger partial charge in [-0.3, -0.25) is 0 Å². The van der Waals surface area contributed by atoms with E-state index in [9.17, 15) is 52.3 Å². The van der Waals surface area contributed by atoms with Crippen molar-refractivity contribution in [3.63, 3.8) is 0 Å². The molecule has 0 amide bonds. The molecule has 0 aliphatic heterocycles. The quantitative estimate of drug-likeness (QED) is 0.510. The van der Waals surface area contributed by atoms with Crippen LogP contribution in [0.25, 0.3) is 0 Å². The van der Waals surface area contributed by atoms with Crippen LogP contribution in [-0.4, -0.2) is 25.9 Å². The van der Waals surface area contributed by atoms with Crippen molar-refractivity contribution in [2.24, 2.45) is 0 Å². The molecule has 0 bridgehead atoms. The number of halogens is 6. The SMILES string of the molecule is O=S(=O)([O-])c1cccc(C(F)(F)F)c1Cc1c(C(F)(F)F)cccc1S(=O)(=O)[O-]. The molecule has 160 valence electrons. The third kappa shape index (κ3) is 5.07. The first-order valence-electron chi connectivity index (χ1n) is 7.24. The summed E-state index contributed by atoms with van der Waals surface area (Å²) < 4.78 is 148. The molecule has 29 heavy (non-hydrogen) atoms. The Hall–Kier alpha value is -2.16. The van der Waals surface area contributed by atoms with Crippen LogP contribution in [0.15, 0.2) is 46.2 Å². The average molecular weight is 462 g/mol. The third-order valence-electron chi connectivity index (χ3n) is 3.77. The second kappa shape index (κ2) is 7.27. The topological polar surface area (TPSA) is 114 Å². The van der Waals surface area contributed by atoms with Crippen molar-refractivity contribution in [2.45, 2.75) is 28.6 Å². The molecule has 0 aliphatic carbocycles. The summed E-state index contributed by atoms with van der Waals surface area (Å²) in [6.07, 6.45) is -12.2. The lowest BCUT2D eigenvalue weighted by atomic mass is 9.95. The van der Waals surface area contributed by atoms with Gasteiger partial charge in [-0.05, 0) is 35.4 Å². The summed E-state index contributed by atoms with van der Waals surface area (Å²) >= 11 is 0. The minimum Gasteiger partial charge on any atom is -0.744 e. The minimum atomic E-state index is -5.59. The second-order valence-electron chi connectivity index (χ2n) is 5.65. The monoisotopic (exact) mass is 462 g/mol. The maximum absolute atomic E-state index is 13.3. The first kappa shape index (κ1) is 23.1. The maximum Gasteiger partial charge on any atom is 0.416 e. The van der Waals surface area contributed by atoms with Gasteiger partial charge in [-0.15, -0.1) is 0 Å². The van der Waals surface area contributed by atoms with Crippen LogP contribution in [0.1, 0.15) is 22.3 Å². The summed E-state index contributed by atoms with van der Waals surface area (Å²) in [4.78, 5) is -2.97. The van der Waals surface area contributed by atoms with E-state index in [-0.39, 0.29) is 0 Å². The molecule has 0 aromatic heterocycles. The van der Waals surface area contributed by atoms with Crippen LogP contribution >= 0.6 is 0 Å². The molecule has 0 fully saturated rings. The predicted molar refractivity (Wildman–Crippen MR) is 81.6 cm³/mol. The van der Waals surface area contributed by atoms with Crippen molar-refractivity contribution in [1.29, 1.82) is 0 Å². The zero-order chi connectivity index (χ0) is 22.4. The summed E-state index contributed by atoms with van der Waals surface area (Å²) in [5, 5.41) is 0. The molecule has 0 aliphatic rings. The molecule has 0 unspecified atom stereocenters. The Morgan fingerprint density at radius 2 is 0.966 bits per heavy atom. The van der Waals surface area contributed by atoms with Gasteiger partial charge in [0, 0.05) is 6.42 Å². The van der Waals surface area contributed by atoms with Gasteiger partial charge in [-0.2, -0.15) is 26.3 Å². The van der Waals surface area contributed by atoms with E-state index in [0.29, 0.717) is 36.4 Å². The van der Waals surface area contributed by atoms with Gasteiger partial charge in [-0.25, -0.2) is 16.8 Å². The number of hydrogen-bond acceptors (Lipinski definition) is 6. The van der Waals surface area contributed by atoms with Gasteiger partial charge < -0.3 is 9.11 Å². The molecule has 0 saturated heterocycles. The number of hydrogen-bond donors (Lipinski definition) is 0. The van der Waals surface area contributed by atoms with Crippen molar-refractivity contribution in [1.82, 2.24) is 0 Å². The summed E-state index contributed by atoms with van der Waals surface area (Å²) in [6, 6.07) is 2.61. The van der Waals surface area contributed by atoms with Crippen molar-refractivity contribution in [3.05, 3.63) is 58.7 Å². The Balaban J connectivity index is 2.95. The van der Waals surface area contributed by atoms with E-state index in [0.717, 1.165) is 0 Å². The van der Waals surface area contributed by atoms with Gasteiger partial charge in [0.2, 0.25) is 0 Å². The fourth-order valence-electron chi connectivity index (χ4n) is 2.67. The van der Waals surface area contributed by atoms with Crippen molar-refractivity contribution < 1.29 is 52.3 Å². The lowest BCUT2D eigenvalue weighted by Crippen LogP contribution is -2.18. The lowest BCUT2D eigenvalue weighted by Gasteiger charge is -2.23. The first-order chi connectivity index (χ1) is 12.9. The highest BCUT2D eigenvalue weighted by Gasteiger charge is 2.38. The zero-order valence-electron chi connectivity index (χ0n) is 13.7. The average Bonchev–Trinajstić information content (AvgIpc) is 2.51. The lowest BCUT2D eigenvalue weighted by molar-refractivity contribution is -0.138. The highest BCUT2D eigenvalue weighted by atomic mass is 32.2. The van der Waals surface area contributed by atoms with E-state index in [1.165, 1.54) is 0 Å². The van der Waals surface area contributed by atoms with Crippen LogP contribution in [0.4, 0.5) is 26.3 Å². The molecule has 0 N–H and O–H groups in total. The molecule has 2 aromatic rings. The highest BCUT2D eigenvalue weighted by molar-refractivity contribution is 7.86. The number of benzene rings is 2. The molecule has 0 heterocycles. The second-order valence-corrected chi connectivity index (χ2v) is 8.34. The van der Waals surface area contributed by atoms with Gasteiger partial charge in [0.05, 0.1) is 20.9 Å². The van der Waals surface area contributed by atoms with Gasteiger partial charge in [0.1, 0.15) is 20.2 Å². The van der Waals surface area contributed by atoms with Crippen LogP contribution < -0.4 is 0 Å². The van der Waals surface area contributed by atoms with Gasteiger partial charge in [-0.1, -0.05) is 12.1 Å². The van der Waals surface area contributed by atoms with Crippen molar-refractivity contribution >= 4 is 20.2 Å². The summed E-state index contributed by atoms with van der Waals surface area (Å²) in [7, 11) is -11.2. The fourth-order valence-corrected chi connectivity index (χ4v) is 4.13. The Morgan fingerprint density at radius 1 is 0.655 bits per heavy atom. The van der Waals surface area contributed by atoms with Crippen LogP contribution in [-0.2, 0) is 39.0 Å². The highest BCUT2D eigenvalue weighted by Crippen LogP contribution is 2.40. The van der Waals surface area contributed by atoms with E-state index in [1.807, 2.05) is 0 Å². The third-order valence-corrected chi connectivity index (χ3v) is 5.61. The van der Waals surface area contributed by atoms with Crippen LogP contribution in [0.5, 0.6) is 0 Å². The molecule has 0 saturated carbocycles. The number of rotatable bonds is 4. The van der Waals surface area contributed by atoms with Crippen molar-refractivity contribution in [2.75, 3.05) is 0 Å². The van der Waals surface area contributed by atoms with Crippen molar-refractivity contribution in [3.8, 4) is 0 Å². The van der Waals surface area contributed by atoms with Gasteiger partial charge >= 0.3 is 12.4 Å². The summed E-state index contributed by atoms with van der Waals surface area (Å²) in [5.41, 5.74) is -6.34. The smallest absolute Gasteiger partial charge is 0.416 e. The normalized spacial score (nSPS) is 13.5. The molecule has 0 spiro atoms. The number of alkyl halides is 6. The zero-order valence-corrected chi connectivity index (χ0v) is 15.3. The molecule has 6 nitrogen and oxygen atoms in total. The minimum absolute atomic E-state index is 0.311. The molecular formula is C15H8F6O6S2-2. The predicted octanol–water partition coefficient (Wildman–Crippen LogP) is 3.12. The maximum atomic E-state index is 13.3. The van der Waals surface area contributed by atoms with Gasteiger partial charge in [0.15, 0.2) is 0 Å². The van der Waals surface area contributed by atoms with E-state index < -0.39 is 71.1 Å². The Labute approximate surface area is 160 Å². The van der Waals surface area contributed by atoms with E-state index in [1.54, 1.807) is 0 Å². The largest absolute Gasteiger partial charge is 0.744 e. The standard InChI is InChI=1S/C15H10F6O6S2/c16-14(17,18)10-3-1-5-12(28(22,23)24)8(10)7-9-11(15(19,20)21)4-2-6-13(9)29(25,26)27/h1-6H,7H2,(H,22,23,24)(H,25,26,27)/p-2. The molecule has 2 aromatic carbocycles. The van der Waals surface area contributed by atoms with Crippen LogP contribution in [0.3, 0.4) is 0 Å². The Bertz CT molecular complexity index is 1060. The first-order valence-corrected chi connectivity index (χ1v) is 10.1. The Kier molecular flexibility index (Phi) is 5.79. The fraction of sp³-hybridized carbons (Fsp3) is 0.200. The Morgan fingerprint density at radius 3 is 1.21 bits per heavy atom. The van der Waals surface area contributed by atoms with E-state index in [4.69, 9.17) is 0 Å². The van der Waals surface area contributed by atoms with Crippen LogP contribution in [0, 0.1) is 0 Å². The molecule has 14 heteroatoms. The molecule has 2 rings (SSSR count). The molecule has 0 atom stereocenters. The summed E-state index contributed by atoms with van der Waals surface area (Å²) in [5.74, 6) is 0. The van der Waals surface area contributed by atoms with Crippen LogP contribution in [0.2, 0.25) is 0 Å². The van der Waals surface area contributed by atoms with Gasteiger partial charge in [0.25, 0.3) is 0 Å². The molecular weight excluding hydrogens is 454 g/mol. The van der Waals surface area contributed by atoms with E-state index in [2.05, 4.69) is 0 Å². The van der Waals surface area contributed by atoms with E-state index >= 15 is 0 Å². The summed E-state index contributed by atoms with van der Waals surface area (Å²) in [6.45, 7) is 0.